The lowest BCUT2D eigenvalue weighted by Crippen LogP contribution is -2.38. The molecule has 1 aliphatic carbocycles. The summed E-state index contributed by atoms with van der Waals surface area (Å²) < 4.78 is 5.20. The second kappa shape index (κ2) is 7.38. The molecule has 1 saturated carbocycles. The number of thioether (sulfide) groups is 1. The van der Waals surface area contributed by atoms with Gasteiger partial charge in [-0.2, -0.15) is 0 Å². The Morgan fingerprint density at radius 3 is 3.05 bits per heavy atom. The maximum atomic E-state index is 12.1. The fraction of sp³-hybridized carbons (Fsp3) is 0.588. The minimum absolute atomic E-state index is 0.131. The Balaban J connectivity index is 1.38. The maximum Gasteiger partial charge on any atom is 0.230 e. The smallest absolute Gasteiger partial charge is 0.230 e. The molecule has 1 N–H and O–H groups in total. The number of nitrogens with one attached hydrogen (secondary N) is 1. The average Bonchev–Trinajstić information content (AvgIpc) is 3.24. The van der Waals surface area contributed by atoms with Crippen molar-refractivity contribution in [3.8, 4) is 5.75 Å². The molecular weight excluding hydrogens is 296 g/mol. The van der Waals surface area contributed by atoms with Crippen LogP contribution in [0.2, 0.25) is 0 Å². The fourth-order valence-corrected chi connectivity index (χ4v) is 3.65. The Bertz CT molecular complexity index is 519. The number of amides is 1. The molecule has 1 saturated heterocycles. The zero-order valence-electron chi connectivity index (χ0n) is 13.1. The van der Waals surface area contributed by atoms with Gasteiger partial charge in [-0.05, 0) is 43.4 Å². The van der Waals surface area contributed by atoms with E-state index >= 15 is 0 Å². The van der Waals surface area contributed by atoms with Crippen LogP contribution in [0.1, 0.15) is 19.3 Å². The number of carbonyl (C=O) groups is 1. The number of rotatable bonds is 7. The van der Waals surface area contributed by atoms with E-state index in [9.17, 15) is 4.79 Å². The van der Waals surface area contributed by atoms with E-state index in [0.717, 1.165) is 36.1 Å². The third kappa shape index (κ3) is 4.65. The third-order valence-electron chi connectivity index (χ3n) is 4.26. The highest BCUT2D eigenvalue weighted by Crippen LogP contribution is 2.30. The Labute approximate surface area is 136 Å². The number of carbonyl (C=O) groups excluding carboxylic acids is 1. The van der Waals surface area contributed by atoms with Crippen molar-refractivity contribution in [2.75, 3.05) is 32.5 Å². The first-order chi connectivity index (χ1) is 10.7. The van der Waals surface area contributed by atoms with Crippen molar-refractivity contribution in [1.82, 2.24) is 10.2 Å². The summed E-state index contributed by atoms with van der Waals surface area (Å²) in [5.41, 5.74) is 0. The number of hydrogen-bond donors (Lipinski definition) is 1. The van der Waals surface area contributed by atoms with Crippen LogP contribution in [-0.4, -0.2) is 49.3 Å². The lowest BCUT2D eigenvalue weighted by Gasteiger charge is -2.16. The van der Waals surface area contributed by atoms with Crippen LogP contribution in [0.25, 0.3) is 0 Å². The molecule has 4 nitrogen and oxygen atoms in total. The average molecular weight is 320 g/mol. The summed E-state index contributed by atoms with van der Waals surface area (Å²) in [5, 5.41) is 3.17. The van der Waals surface area contributed by atoms with E-state index in [1.807, 2.05) is 24.3 Å². The van der Waals surface area contributed by atoms with Gasteiger partial charge in [-0.25, -0.2) is 0 Å². The minimum atomic E-state index is 0.131. The van der Waals surface area contributed by atoms with Gasteiger partial charge in [0.1, 0.15) is 5.75 Å². The van der Waals surface area contributed by atoms with Gasteiger partial charge in [0.15, 0.2) is 0 Å². The molecule has 0 spiro atoms. The van der Waals surface area contributed by atoms with E-state index in [1.165, 1.54) is 19.4 Å². The molecule has 120 valence electrons. The number of benzene rings is 1. The van der Waals surface area contributed by atoms with Gasteiger partial charge in [-0.1, -0.05) is 6.07 Å². The summed E-state index contributed by atoms with van der Waals surface area (Å²) in [6.45, 7) is 3.38. The quantitative estimate of drug-likeness (QED) is 0.783. The number of ether oxygens (including phenoxy) is 1. The van der Waals surface area contributed by atoms with Crippen LogP contribution in [0, 0.1) is 5.92 Å². The van der Waals surface area contributed by atoms with Gasteiger partial charge < -0.3 is 15.0 Å². The SMILES string of the molecule is COc1cccc(SCC(=O)N[C@H]2CCN(CC3CC3)C2)c1. The van der Waals surface area contributed by atoms with Crippen molar-refractivity contribution in [2.24, 2.45) is 5.92 Å². The number of nitrogens with zero attached hydrogens (tertiary/aromatic N) is 1. The van der Waals surface area contributed by atoms with Crippen molar-refractivity contribution in [3.05, 3.63) is 24.3 Å². The van der Waals surface area contributed by atoms with E-state index in [1.54, 1.807) is 18.9 Å². The zero-order valence-corrected chi connectivity index (χ0v) is 13.9. The first-order valence-corrected chi connectivity index (χ1v) is 9.00. The summed E-state index contributed by atoms with van der Waals surface area (Å²) in [6.07, 6.45) is 3.87. The van der Waals surface area contributed by atoms with Gasteiger partial charge in [-0.3, -0.25) is 4.79 Å². The van der Waals surface area contributed by atoms with E-state index in [-0.39, 0.29) is 5.91 Å². The van der Waals surface area contributed by atoms with E-state index in [0.29, 0.717) is 11.8 Å². The molecule has 5 heteroatoms. The van der Waals surface area contributed by atoms with Crippen LogP contribution in [0.15, 0.2) is 29.2 Å². The second-order valence-electron chi connectivity index (χ2n) is 6.22. The van der Waals surface area contributed by atoms with E-state index in [2.05, 4.69) is 10.2 Å². The van der Waals surface area contributed by atoms with Crippen LogP contribution in [0.5, 0.6) is 5.75 Å². The highest BCUT2D eigenvalue weighted by Gasteiger charge is 2.29. The van der Waals surface area contributed by atoms with Gasteiger partial charge in [0.05, 0.1) is 12.9 Å². The number of hydrogen-bond acceptors (Lipinski definition) is 4. The van der Waals surface area contributed by atoms with Crippen molar-refractivity contribution in [1.29, 1.82) is 0 Å². The topological polar surface area (TPSA) is 41.6 Å². The molecule has 1 aliphatic heterocycles. The Morgan fingerprint density at radius 2 is 2.27 bits per heavy atom. The highest BCUT2D eigenvalue weighted by atomic mass is 32.2. The highest BCUT2D eigenvalue weighted by molar-refractivity contribution is 8.00. The van der Waals surface area contributed by atoms with Crippen LogP contribution >= 0.6 is 11.8 Å². The van der Waals surface area contributed by atoms with Gasteiger partial charge >= 0.3 is 0 Å². The lowest BCUT2D eigenvalue weighted by atomic mass is 10.2. The molecule has 0 unspecified atom stereocenters. The molecule has 22 heavy (non-hydrogen) atoms. The van der Waals surface area contributed by atoms with Crippen molar-refractivity contribution in [2.45, 2.75) is 30.2 Å². The molecule has 1 atom stereocenters. The Kier molecular flexibility index (Phi) is 5.26. The number of methoxy groups -OCH3 is 1. The van der Waals surface area contributed by atoms with Gasteiger partial charge in [0.25, 0.3) is 0 Å². The lowest BCUT2D eigenvalue weighted by molar-refractivity contribution is -0.119. The molecule has 2 fully saturated rings. The predicted octanol–water partition coefficient (Wildman–Crippen LogP) is 2.39. The summed E-state index contributed by atoms with van der Waals surface area (Å²) >= 11 is 1.56. The third-order valence-corrected chi connectivity index (χ3v) is 5.26. The summed E-state index contributed by atoms with van der Waals surface area (Å²) in [4.78, 5) is 15.7. The summed E-state index contributed by atoms with van der Waals surface area (Å²) in [5.74, 6) is 2.35. The normalized spacial score (nSPS) is 21.8. The molecule has 1 aromatic carbocycles. The van der Waals surface area contributed by atoms with Crippen molar-refractivity contribution >= 4 is 17.7 Å². The van der Waals surface area contributed by atoms with Gasteiger partial charge in [-0.15, -0.1) is 11.8 Å². The summed E-state index contributed by atoms with van der Waals surface area (Å²) in [7, 11) is 1.66. The molecule has 3 rings (SSSR count). The first kappa shape index (κ1) is 15.7. The largest absolute Gasteiger partial charge is 0.497 e. The van der Waals surface area contributed by atoms with Gasteiger partial charge in [0, 0.05) is 30.6 Å². The van der Waals surface area contributed by atoms with Crippen molar-refractivity contribution in [3.63, 3.8) is 0 Å². The van der Waals surface area contributed by atoms with E-state index < -0.39 is 0 Å². The molecular formula is C17H24N2O2S. The zero-order chi connectivity index (χ0) is 15.4. The molecule has 1 heterocycles. The Morgan fingerprint density at radius 1 is 1.41 bits per heavy atom. The summed E-state index contributed by atoms with van der Waals surface area (Å²) in [6, 6.07) is 8.17. The first-order valence-electron chi connectivity index (χ1n) is 8.01. The molecule has 1 amide bonds. The molecule has 0 bridgehead atoms. The van der Waals surface area contributed by atoms with Crippen LogP contribution in [-0.2, 0) is 4.79 Å². The second-order valence-corrected chi connectivity index (χ2v) is 7.27. The fourth-order valence-electron chi connectivity index (χ4n) is 2.89. The van der Waals surface area contributed by atoms with Crippen LogP contribution in [0.4, 0.5) is 0 Å². The standard InChI is InChI=1S/C17H24N2O2S/c1-21-15-3-2-4-16(9-15)22-12-17(20)18-14-7-8-19(11-14)10-13-5-6-13/h2-4,9,13-14H,5-8,10-12H2,1H3,(H,18,20)/t14-/m0/s1. The van der Waals surface area contributed by atoms with Crippen LogP contribution in [0.3, 0.4) is 0 Å². The molecule has 0 aromatic heterocycles. The molecule has 0 radical (unpaired) electrons. The monoisotopic (exact) mass is 320 g/mol. The minimum Gasteiger partial charge on any atom is -0.497 e. The Hall–Kier alpha value is -1.20. The molecule has 1 aromatic rings. The maximum absolute atomic E-state index is 12.1. The van der Waals surface area contributed by atoms with Gasteiger partial charge in [0.2, 0.25) is 5.91 Å². The van der Waals surface area contributed by atoms with E-state index in [4.69, 9.17) is 4.74 Å². The van der Waals surface area contributed by atoms with Crippen molar-refractivity contribution < 1.29 is 9.53 Å². The van der Waals surface area contributed by atoms with Crippen LogP contribution < -0.4 is 10.1 Å². The predicted molar refractivity (Wildman–Crippen MR) is 89.4 cm³/mol. The molecule has 2 aliphatic rings. The number of likely N-dealkylation sites (tertiary alicyclic amines) is 1.